The Morgan fingerprint density at radius 2 is 1.74 bits per heavy atom. The van der Waals surface area contributed by atoms with Crippen LogP contribution in [0.15, 0.2) is 64.2 Å². The van der Waals surface area contributed by atoms with Gasteiger partial charge in [0, 0.05) is 10.4 Å². The van der Waals surface area contributed by atoms with Gasteiger partial charge in [-0.2, -0.15) is 0 Å². The molecule has 3 rings (SSSR count). The summed E-state index contributed by atoms with van der Waals surface area (Å²) in [6, 6.07) is 10.6. The Labute approximate surface area is 150 Å². The fourth-order valence-corrected chi connectivity index (χ4v) is 3.94. The van der Waals surface area contributed by atoms with Crippen LogP contribution in [0, 0.1) is 6.92 Å². The molecule has 0 atom stereocenters. The van der Waals surface area contributed by atoms with Gasteiger partial charge in [-0.1, -0.05) is 55.8 Å². The van der Waals surface area contributed by atoms with Crippen molar-refractivity contribution >= 4 is 32.8 Å². The Morgan fingerprint density at radius 1 is 1.04 bits per heavy atom. The summed E-state index contributed by atoms with van der Waals surface area (Å²) < 4.78 is 14.4. The van der Waals surface area contributed by atoms with Crippen LogP contribution in [0.1, 0.15) is 30.7 Å². The second kappa shape index (κ2) is 8.42. The van der Waals surface area contributed by atoms with Gasteiger partial charge in [-0.3, -0.25) is 0 Å². The third-order valence-electron chi connectivity index (χ3n) is 3.40. The van der Waals surface area contributed by atoms with Crippen LogP contribution in [-0.4, -0.2) is 0 Å². The van der Waals surface area contributed by atoms with Crippen LogP contribution in [0.3, 0.4) is 0 Å². The third-order valence-corrected chi connectivity index (χ3v) is 5.09. The van der Waals surface area contributed by atoms with Crippen molar-refractivity contribution < 1.29 is 4.39 Å². The average molecular weight is 391 g/mol. The summed E-state index contributed by atoms with van der Waals surface area (Å²) in [5.74, 6) is -0.172. The van der Waals surface area contributed by atoms with Crippen molar-refractivity contribution in [2.24, 2.45) is 0 Å². The maximum Gasteiger partial charge on any atom is 0.119 e. The molecule has 2 aromatic rings. The number of hydrogen-bond donors (Lipinski definition) is 0. The van der Waals surface area contributed by atoms with Gasteiger partial charge in [-0.15, -0.1) is 11.3 Å². The lowest BCUT2D eigenvalue weighted by Crippen LogP contribution is -1.82. The van der Waals surface area contributed by atoms with E-state index >= 15 is 0 Å². The summed E-state index contributed by atoms with van der Waals surface area (Å²) in [7, 11) is 0. The maximum absolute atomic E-state index is 13.3. The number of halogens is 2. The monoisotopic (exact) mass is 390 g/mol. The predicted octanol–water partition coefficient (Wildman–Crippen LogP) is 7.71. The van der Waals surface area contributed by atoms with E-state index in [-0.39, 0.29) is 5.83 Å². The molecule has 1 aromatic carbocycles. The van der Waals surface area contributed by atoms with Crippen molar-refractivity contribution in [1.29, 1.82) is 0 Å². The number of allylic oxidation sites excluding steroid dienone is 6. The van der Waals surface area contributed by atoms with E-state index in [1.807, 2.05) is 19.9 Å². The molecule has 0 amide bonds. The Kier molecular flexibility index (Phi) is 6.55. The van der Waals surface area contributed by atoms with E-state index in [9.17, 15) is 4.39 Å². The van der Waals surface area contributed by atoms with Crippen LogP contribution in [0.25, 0.3) is 16.7 Å². The van der Waals surface area contributed by atoms with Crippen LogP contribution < -0.4 is 0 Å². The Hall–Kier alpha value is -1.45. The Balaban J connectivity index is 0.000000924. The molecule has 0 N–H and O–H groups in total. The summed E-state index contributed by atoms with van der Waals surface area (Å²) in [6.07, 6.45) is 7.67. The molecule has 23 heavy (non-hydrogen) atoms. The standard InChI is InChI=1S/C18H14BrFS.C2H6/c1-12-5-7-13(8-6-12)16-11-17(19)21-18(16)14-3-2-4-15(20)10-9-14;1-2/h3-11H,2H2,1H3;1-2H3. The highest BCUT2D eigenvalue weighted by molar-refractivity contribution is 9.11. The summed E-state index contributed by atoms with van der Waals surface area (Å²) in [5, 5.41) is 0. The van der Waals surface area contributed by atoms with Gasteiger partial charge in [-0.25, -0.2) is 4.39 Å². The molecule has 1 aliphatic carbocycles. The van der Waals surface area contributed by atoms with Crippen molar-refractivity contribution in [1.82, 2.24) is 0 Å². The minimum Gasteiger partial charge on any atom is -0.207 e. The molecule has 1 heterocycles. The number of benzene rings is 1. The van der Waals surface area contributed by atoms with Crippen LogP contribution in [0.4, 0.5) is 4.39 Å². The molecular formula is C20H20BrFS. The molecule has 1 aliphatic rings. The van der Waals surface area contributed by atoms with Gasteiger partial charge in [0.2, 0.25) is 0 Å². The molecule has 0 unspecified atom stereocenters. The fourth-order valence-electron chi connectivity index (χ4n) is 2.30. The number of hydrogen-bond acceptors (Lipinski definition) is 1. The number of rotatable bonds is 2. The topological polar surface area (TPSA) is 0 Å². The van der Waals surface area contributed by atoms with E-state index in [1.165, 1.54) is 27.6 Å². The normalized spacial score (nSPS) is 13.6. The molecule has 0 fully saturated rings. The number of thiophene rings is 1. The average Bonchev–Trinajstić information content (AvgIpc) is 2.81. The molecule has 0 bridgehead atoms. The van der Waals surface area contributed by atoms with E-state index in [0.717, 1.165) is 9.36 Å². The second-order valence-electron chi connectivity index (χ2n) is 4.98. The van der Waals surface area contributed by atoms with Crippen molar-refractivity contribution in [3.05, 3.63) is 74.7 Å². The molecule has 0 radical (unpaired) electrons. The molecule has 0 saturated heterocycles. The number of aryl methyl sites for hydroxylation is 1. The smallest absolute Gasteiger partial charge is 0.119 e. The molecule has 0 saturated carbocycles. The summed E-state index contributed by atoms with van der Waals surface area (Å²) in [6.45, 7) is 6.08. The van der Waals surface area contributed by atoms with Gasteiger partial charge in [0.05, 0.1) is 3.79 Å². The molecule has 0 spiro atoms. The first kappa shape index (κ1) is 17.9. The zero-order valence-electron chi connectivity index (χ0n) is 13.6. The van der Waals surface area contributed by atoms with Crippen molar-refractivity contribution in [3.63, 3.8) is 0 Å². The first-order valence-electron chi connectivity index (χ1n) is 7.74. The van der Waals surface area contributed by atoms with E-state index in [4.69, 9.17) is 0 Å². The molecule has 3 heteroatoms. The lowest BCUT2D eigenvalue weighted by molar-refractivity contribution is 0.663. The van der Waals surface area contributed by atoms with Gasteiger partial charge < -0.3 is 0 Å². The van der Waals surface area contributed by atoms with Crippen LogP contribution in [0.5, 0.6) is 0 Å². The molecule has 0 aliphatic heterocycles. The molecular weight excluding hydrogens is 371 g/mol. The third kappa shape index (κ3) is 4.52. The van der Waals surface area contributed by atoms with E-state index < -0.39 is 0 Å². The minimum atomic E-state index is -0.172. The fraction of sp³-hybridized carbons (Fsp3) is 0.200. The SMILES string of the molecule is CC.Cc1ccc(-c2cc(Br)sc2C2=CCC=C(F)C=C2)cc1. The summed E-state index contributed by atoms with van der Waals surface area (Å²) >= 11 is 5.25. The van der Waals surface area contributed by atoms with Crippen molar-refractivity contribution in [2.75, 3.05) is 0 Å². The lowest BCUT2D eigenvalue weighted by atomic mass is 10.0. The van der Waals surface area contributed by atoms with Gasteiger partial charge >= 0.3 is 0 Å². The summed E-state index contributed by atoms with van der Waals surface area (Å²) in [4.78, 5) is 1.17. The highest BCUT2D eigenvalue weighted by Gasteiger charge is 2.13. The van der Waals surface area contributed by atoms with Gasteiger partial charge in [0.15, 0.2) is 0 Å². The first-order chi connectivity index (χ1) is 11.1. The van der Waals surface area contributed by atoms with Gasteiger partial charge in [-0.05, 0) is 58.6 Å². The van der Waals surface area contributed by atoms with Crippen molar-refractivity contribution in [2.45, 2.75) is 27.2 Å². The molecule has 120 valence electrons. The predicted molar refractivity (Wildman–Crippen MR) is 104 cm³/mol. The summed E-state index contributed by atoms with van der Waals surface area (Å²) in [5.41, 5.74) is 4.69. The maximum atomic E-state index is 13.3. The Morgan fingerprint density at radius 3 is 2.43 bits per heavy atom. The van der Waals surface area contributed by atoms with E-state index in [2.05, 4.69) is 59.3 Å². The largest absolute Gasteiger partial charge is 0.207 e. The quantitative estimate of drug-likeness (QED) is 0.492. The van der Waals surface area contributed by atoms with Crippen molar-refractivity contribution in [3.8, 4) is 11.1 Å². The second-order valence-corrected chi connectivity index (χ2v) is 7.41. The van der Waals surface area contributed by atoms with E-state index in [0.29, 0.717) is 6.42 Å². The van der Waals surface area contributed by atoms with Gasteiger partial charge in [0.1, 0.15) is 5.83 Å². The first-order valence-corrected chi connectivity index (χ1v) is 9.35. The zero-order valence-corrected chi connectivity index (χ0v) is 16.0. The van der Waals surface area contributed by atoms with Crippen LogP contribution in [-0.2, 0) is 0 Å². The lowest BCUT2D eigenvalue weighted by Gasteiger charge is -2.05. The van der Waals surface area contributed by atoms with E-state index in [1.54, 1.807) is 17.4 Å². The molecule has 1 aromatic heterocycles. The molecule has 0 nitrogen and oxygen atoms in total. The van der Waals surface area contributed by atoms with Crippen LogP contribution in [0.2, 0.25) is 0 Å². The highest BCUT2D eigenvalue weighted by atomic mass is 79.9. The van der Waals surface area contributed by atoms with Gasteiger partial charge in [0.25, 0.3) is 0 Å². The minimum absolute atomic E-state index is 0.172. The highest BCUT2D eigenvalue weighted by Crippen LogP contribution is 2.40. The Bertz CT molecular complexity index is 748. The van der Waals surface area contributed by atoms with Crippen LogP contribution >= 0.6 is 27.3 Å². The zero-order chi connectivity index (χ0) is 16.8.